The molecule has 1 N–H and O–H groups in total. The average molecular weight is 334 g/mol. The van der Waals surface area contributed by atoms with E-state index >= 15 is 0 Å². The summed E-state index contributed by atoms with van der Waals surface area (Å²) in [5.41, 5.74) is 2.22. The van der Waals surface area contributed by atoms with Crippen molar-refractivity contribution in [2.75, 3.05) is 19.5 Å². The molecule has 0 spiro atoms. The molecule has 126 valence electrons. The van der Waals surface area contributed by atoms with E-state index in [0.717, 1.165) is 10.9 Å². The number of ether oxygens (including phenoxy) is 2. The summed E-state index contributed by atoms with van der Waals surface area (Å²) in [7, 11) is 3.20. The van der Waals surface area contributed by atoms with Crippen LogP contribution in [-0.4, -0.2) is 25.1 Å². The number of anilines is 1. The topological polar surface area (TPSA) is 60.5 Å². The number of fused-ring (bicyclic) bond motifs is 1. The van der Waals surface area contributed by atoms with Crippen LogP contribution in [0.5, 0.6) is 11.5 Å². The first-order valence-electron chi connectivity index (χ1n) is 7.76. The Morgan fingerprint density at radius 1 is 1.00 bits per heavy atom. The van der Waals surface area contributed by atoms with Gasteiger partial charge >= 0.3 is 0 Å². The van der Waals surface area contributed by atoms with Gasteiger partial charge in [-0.15, -0.1) is 0 Å². The summed E-state index contributed by atoms with van der Waals surface area (Å²) in [5.74, 6) is 1.14. The van der Waals surface area contributed by atoms with Crippen LogP contribution in [0.3, 0.4) is 0 Å². The Labute approximate surface area is 145 Å². The molecule has 0 atom stereocenters. The third-order valence-electron chi connectivity index (χ3n) is 3.76. The number of hydrogen-bond donors (Lipinski definition) is 1. The van der Waals surface area contributed by atoms with Gasteiger partial charge in [-0.25, -0.2) is 0 Å². The van der Waals surface area contributed by atoms with Crippen molar-refractivity contribution in [2.45, 2.75) is 0 Å². The van der Waals surface area contributed by atoms with Crippen molar-refractivity contribution in [3.8, 4) is 11.5 Å². The van der Waals surface area contributed by atoms with E-state index in [-0.39, 0.29) is 5.91 Å². The van der Waals surface area contributed by atoms with Crippen LogP contribution in [0, 0.1) is 0 Å². The second-order valence-corrected chi connectivity index (χ2v) is 5.28. The van der Waals surface area contributed by atoms with Crippen LogP contribution < -0.4 is 14.8 Å². The lowest BCUT2D eigenvalue weighted by Gasteiger charge is -2.10. The summed E-state index contributed by atoms with van der Waals surface area (Å²) in [6, 6.07) is 14.8. The third-order valence-corrected chi connectivity index (χ3v) is 3.76. The molecule has 3 rings (SSSR count). The number of aromatic nitrogens is 1. The van der Waals surface area contributed by atoms with E-state index < -0.39 is 0 Å². The molecule has 0 fully saturated rings. The fourth-order valence-corrected chi connectivity index (χ4v) is 2.56. The summed E-state index contributed by atoms with van der Waals surface area (Å²) in [5, 5.41) is 3.70. The molecule has 0 aliphatic rings. The van der Waals surface area contributed by atoms with Crippen LogP contribution >= 0.6 is 0 Å². The maximum Gasteiger partial charge on any atom is 0.248 e. The molecular weight excluding hydrogens is 316 g/mol. The van der Waals surface area contributed by atoms with Gasteiger partial charge in [-0.3, -0.25) is 9.78 Å². The Morgan fingerprint density at radius 3 is 2.60 bits per heavy atom. The van der Waals surface area contributed by atoms with Crippen LogP contribution in [0.4, 0.5) is 5.69 Å². The largest absolute Gasteiger partial charge is 0.496 e. The number of amides is 1. The SMILES string of the molecule is COc1ccccc1C=CC(=O)Nc1ccc(OC)c2ncccc12. The van der Waals surface area contributed by atoms with Crippen molar-refractivity contribution in [1.82, 2.24) is 4.98 Å². The monoisotopic (exact) mass is 334 g/mol. The molecule has 0 bridgehead atoms. The zero-order valence-electron chi connectivity index (χ0n) is 14.0. The Morgan fingerprint density at radius 2 is 1.80 bits per heavy atom. The Balaban J connectivity index is 1.84. The lowest BCUT2D eigenvalue weighted by Crippen LogP contribution is -2.08. The van der Waals surface area contributed by atoms with Crippen LogP contribution in [-0.2, 0) is 4.79 Å². The van der Waals surface area contributed by atoms with Crippen molar-refractivity contribution in [1.29, 1.82) is 0 Å². The molecule has 3 aromatic rings. The molecule has 1 aromatic heterocycles. The summed E-state index contributed by atoms with van der Waals surface area (Å²) in [6.45, 7) is 0. The van der Waals surface area contributed by atoms with Crippen LogP contribution in [0.1, 0.15) is 5.56 Å². The number of carbonyl (C=O) groups excluding carboxylic acids is 1. The van der Waals surface area contributed by atoms with Gasteiger partial charge in [0.1, 0.15) is 17.0 Å². The number of nitrogens with zero attached hydrogens (tertiary/aromatic N) is 1. The predicted molar refractivity (Wildman–Crippen MR) is 99.0 cm³/mol. The quantitative estimate of drug-likeness (QED) is 0.719. The highest BCUT2D eigenvalue weighted by Gasteiger charge is 2.09. The van der Waals surface area contributed by atoms with E-state index in [9.17, 15) is 4.79 Å². The van der Waals surface area contributed by atoms with Gasteiger partial charge in [0.05, 0.1) is 19.9 Å². The fraction of sp³-hybridized carbons (Fsp3) is 0.100. The zero-order chi connectivity index (χ0) is 17.6. The van der Waals surface area contributed by atoms with Gasteiger partial charge < -0.3 is 14.8 Å². The highest BCUT2D eigenvalue weighted by atomic mass is 16.5. The molecule has 0 saturated carbocycles. The molecule has 0 aliphatic carbocycles. The number of hydrogen-bond acceptors (Lipinski definition) is 4. The Hall–Kier alpha value is -3.34. The van der Waals surface area contributed by atoms with E-state index in [0.29, 0.717) is 22.7 Å². The first kappa shape index (κ1) is 16.5. The van der Waals surface area contributed by atoms with Crippen molar-refractivity contribution < 1.29 is 14.3 Å². The second-order valence-electron chi connectivity index (χ2n) is 5.28. The number of nitrogens with one attached hydrogen (secondary N) is 1. The average Bonchev–Trinajstić information content (AvgIpc) is 2.67. The van der Waals surface area contributed by atoms with Crippen LogP contribution in [0.25, 0.3) is 17.0 Å². The number of benzene rings is 2. The summed E-state index contributed by atoms with van der Waals surface area (Å²) >= 11 is 0. The molecular formula is C20H18N2O3. The van der Waals surface area contributed by atoms with E-state index in [1.54, 1.807) is 38.6 Å². The molecule has 1 amide bonds. The lowest BCUT2D eigenvalue weighted by atomic mass is 10.1. The molecule has 2 aromatic carbocycles. The van der Waals surface area contributed by atoms with Gasteiger partial charge in [0.2, 0.25) is 5.91 Å². The molecule has 0 saturated heterocycles. The zero-order valence-corrected chi connectivity index (χ0v) is 14.0. The predicted octanol–water partition coefficient (Wildman–Crippen LogP) is 3.90. The van der Waals surface area contributed by atoms with Gasteiger partial charge in [0.15, 0.2) is 0 Å². The van der Waals surface area contributed by atoms with E-state index in [4.69, 9.17) is 9.47 Å². The number of rotatable bonds is 5. The Bertz CT molecular complexity index is 935. The second kappa shape index (κ2) is 7.49. The normalized spacial score (nSPS) is 10.8. The summed E-state index contributed by atoms with van der Waals surface area (Å²) in [4.78, 5) is 16.6. The molecule has 0 aliphatic heterocycles. The molecule has 0 radical (unpaired) electrons. The van der Waals surface area contributed by atoms with Gasteiger partial charge in [-0.2, -0.15) is 0 Å². The van der Waals surface area contributed by atoms with Crippen LogP contribution in [0.15, 0.2) is 60.8 Å². The highest BCUT2D eigenvalue weighted by Crippen LogP contribution is 2.29. The highest BCUT2D eigenvalue weighted by molar-refractivity contribution is 6.08. The third kappa shape index (κ3) is 3.61. The van der Waals surface area contributed by atoms with Gasteiger partial charge in [-0.1, -0.05) is 18.2 Å². The minimum Gasteiger partial charge on any atom is -0.496 e. The minimum absolute atomic E-state index is 0.235. The van der Waals surface area contributed by atoms with Crippen molar-refractivity contribution in [3.05, 3.63) is 66.4 Å². The van der Waals surface area contributed by atoms with E-state index in [1.807, 2.05) is 36.4 Å². The number of para-hydroxylation sites is 1. The number of pyridine rings is 1. The lowest BCUT2D eigenvalue weighted by molar-refractivity contribution is -0.111. The molecule has 1 heterocycles. The maximum absolute atomic E-state index is 12.3. The van der Waals surface area contributed by atoms with Crippen molar-refractivity contribution in [2.24, 2.45) is 0 Å². The molecule has 0 unspecified atom stereocenters. The molecule has 25 heavy (non-hydrogen) atoms. The fourth-order valence-electron chi connectivity index (χ4n) is 2.56. The first-order valence-corrected chi connectivity index (χ1v) is 7.76. The number of methoxy groups -OCH3 is 2. The van der Waals surface area contributed by atoms with Gasteiger partial charge in [0, 0.05) is 23.2 Å². The standard InChI is InChI=1S/C20H18N2O3/c1-24-17-8-4-3-6-14(17)9-12-19(23)22-16-10-11-18(25-2)20-15(16)7-5-13-21-20/h3-13H,1-2H3,(H,22,23). The number of carbonyl (C=O) groups is 1. The maximum atomic E-state index is 12.3. The minimum atomic E-state index is -0.235. The smallest absolute Gasteiger partial charge is 0.248 e. The van der Waals surface area contributed by atoms with Gasteiger partial charge in [-0.05, 0) is 36.4 Å². The van der Waals surface area contributed by atoms with Crippen molar-refractivity contribution in [3.63, 3.8) is 0 Å². The van der Waals surface area contributed by atoms with Crippen LogP contribution in [0.2, 0.25) is 0 Å². The van der Waals surface area contributed by atoms with E-state index in [2.05, 4.69) is 10.3 Å². The van der Waals surface area contributed by atoms with Crippen molar-refractivity contribution >= 4 is 28.6 Å². The van der Waals surface area contributed by atoms with E-state index in [1.165, 1.54) is 6.08 Å². The molecule has 5 nitrogen and oxygen atoms in total. The first-order chi connectivity index (χ1) is 12.2. The van der Waals surface area contributed by atoms with Gasteiger partial charge in [0.25, 0.3) is 0 Å². The Kier molecular flexibility index (Phi) is 4.95. The molecule has 5 heteroatoms. The summed E-state index contributed by atoms with van der Waals surface area (Å²) in [6.07, 6.45) is 4.89. The summed E-state index contributed by atoms with van der Waals surface area (Å²) < 4.78 is 10.6.